The van der Waals surface area contributed by atoms with Gasteiger partial charge in [-0.3, -0.25) is 0 Å². The first-order chi connectivity index (χ1) is 11.7. The van der Waals surface area contributed by atoms with Crippen LogP contribution in [0.15, 0.2) is 35.3 Å². The molecular weight excluding hydrogens is 337 g/mol. The smallest absolute Gasteiger partial charge is 0.433 e. The molecule has 6 nitrogen and oxygen atoms in total. The molecule has 0 bridgehead atoms. The molecule has 0 saturated heterocycles. The summed E-state index contributed by atoms with van der Waals surface area (Å²) in [6.45, 7) is 3.60. The zero-order chi connectivity index (χ0) is 18.4. The van der Waals surface area contributed by atoms with E-state index < -0.39 is 11.9 Å². The van der Waals surface area contributed by atoms with E-state index in [4.69, 9.17) is 15.9 Å². The van der Waals surface area contributed by atoms with Gasteiger partial charge < -0.3 is 21.0 Å². The van der Waals surface area contributed by atoms with Gasteiger partial charge in [-0.2, -0.15) is 13.2 Å². The fraction of sp³-hybridized carbons (Fsp3) is 0.125. The van der Waals surface area contributed by atoms with Crippen molar-refractivity contribution in [3.63, 3.8) is 0 Å². The average Bonchev–Trinajstić information content (AvgIpc) is 2.98. The molecule has 0 unspecified atom stereocenters. The molecule has 0 fully saturated rings. The molecule has 2 aromatic heterocycles. The summed E-state index contributed by atoms with van der Waals surface area (Å²) < 4.78 is 44.1. The average molecular weight is 350 g/mol. The minimum absolute atomic E-state index is 0.0189. The van der Waals surface area contributed by atoms with Gasteiger partial charge in [0.15, 0.2) is 0 Å². The third kappa shape index (κ3) is 2.89. The summed E-state index contributed by atoms with van der Waals surface area (Å²) >= 11 is 0. The van der Waals surface area contributed by atoms with Crippen LogP contribution in [0.5, 0.6) is 5.75 Å². The van der Waals surface area contributed by atoms with Gasteiger partial charge in [-0.1, -0.05) is 6.58 Å². The van der Waals surface area contributed by atoms with Gasteiger partial charge >= 0.3 is 6.18 Å². The molecule has 25 heavy (non-hydrogen) atoms. The Morgan fingerprint density at radius 3 is 2.48 bits per heavy atom. The van der Waals surface area contributed by atoms with Crippen LogP contribution >= 0.6 is 0 Å². The van der Waals surface area contributed by atoms with E-state index >= 15 is 0 Å². The number of nitrogens with zero attached hydrogens (tertiary/aromatic N) is 2. The predicted molar refractivity (Wildman–Crippen MR) is 85.0 cm³/mol. The summed E-state index contributed by atoms with van der Waals surface area (Å²) in [5.74, 6) is -0.00360. The van der Waals surface area contributed by atoms with E-state index in [0.29, 0.717) is 11.3 Å². The molecule has 0 amide bonds. The van der Waals surface area contributed by atoms with E-state index in [1.54, 1.807) is 0 Å². The molecule has 0 spiro atoms. The number of hydrogen-bond donors (Lipinski definition) is 3. The van der Waals surface area contributed by atoms with Gasteiger partial charge in [-0.25, -0.2) is 9.97 Å². The first-order valence-corrected chi connectivity index (χ1v) is 7.07. The third-order valence-corrected chi connectivity index (χ3v) is 3.54. The van der Waals surface area contributed by atoms with Crippen molar-refractivity contribution in [3.8, 4) is 17.2 Å². The molecule has 0 aliphatic heterocycles. The lowest BCUT2D eigenvalue weighted by molar-refractivity contribution is -0.140. The van der Waals surface area contributed by atoms with Crippen molar-refractivity contribution in [2.24, 2.45) is 11.5 Å². The second-order valence-corrected chi connectivity index (χ2v) is 5.24. The van der Waals surface area contributed by atoms with Crippen LogP contribution in [0.3, 0.4) is 0 Å². The van der Waals surface area contributed by atoms with Gasteiger partial charge in [0.05, 0.1) is 12.2 Å². The van der Waals surface area contributed by atoms with E-state index in [-0.39, 0.29) is 40.5 Å². The number of oxazole rings is 1. The molecule has 0 saturated carbocycles. The van der Waals surface area contributed by atoms with Crippen molar-refractivity contribution in [2.45, 2.75) is 12.7 Å². The lowest BCUT2D eigenvalue weighted by atomic mass is 10.1. The largest absolute Gasteiger partial charge is 0.506 e. The molecule has 0 aliphatic carbocycles. The van der Waals surface area contributed by atoms with Gasteiger partial charge in [0.1, 0.15) is 28.4 Å². The Morgan fingerprint density at radius 2 is 1.92 bits per heavy atom. The van der Waals surface area contributed by atoms with Gasteiger partial charge in [0, 0.05) is 10.9 Å². The van der Waals surface area contributed by atoms with E-state index in [9.17, 15) is 18.3 Å². The quantitative estimate of drug-likeness (QED) is 0.670. The maximum Gasteiger partial charge on any atom is 0.433 e. The van der Waals surface area contributed by atoms with Crippen molar-refractivity contribution >= 4 is 16.6 Å². The molecule has 0 aliphatic rings. The highest BCUT2D eigenvalue weighted by Crippen LogP contribution is 2.36. The van der Waals surface area contributed by atoms with Crippen molar-refractivity contribution < 1.29 is 22.7 Å². The predicted octanol–water partition coefficient (Wildman–Crippen LogP) is 3.00. The first-order valence-electron chi connectivity index (χ1n) is 7.07. The molecular formula is C16H13F3N4O2. The zero-order valence-electron chi connectivity index (χ0n) is 12.8. The summed E-state index contributed by atoms with van der Waals surface area (Å²) in [6, 6.07) is 4.69. The topological polar surface area (TPSA) is 111 Å². The molecule has 5 N–H and O–H groups in total. The fourth-order valence-electron chi connectivity index (χ4n) is 2.40. The van der Waals surface area contributed by atoms with Gasteiger partial charge in [-0.15, -0.1) is 0 Å². The molecule has 2 heterocycles. The van der Waals surface area contributed by atoms with Crippen LogP contribution < -0.4 is 11.5 Å². The second kappa shape index (κ2) is 5.78. The number of rotatable bonds is 3. The van der Waals surface area contributed by atoms with Crippen LogP contribution in [-0.2, 0) is 12.7 Å². The molecule has 9 heteroatoms. The number of aromatic nitrogens is 2. The van der Waals surface area contributed by atoms with Crippen LogP contribution in [0.25, 0.3) is 28.1 Å². The Morgan fingerprint density at radius 1 is 1.20 bits per heavy atom. The number of aromatic hydroxyl groups is 1. The van der Waals surface area contributed by atoms with Crippen LogP contribution in [0.2, 0.25) is 0 Å². The van der Waals surface area contributed by atoms with Crippen molar-refractivity contribution in [1.82, 2.24) is 9.97 Å². The number of halogens is 3. The number of nitrogens with two attached hydrogens (primary N) is 2. The summed E-state index contributed by atoms with van der Waals surface area (Å²) in [7, 11) is 0. The maximum atomic E-state index is 12.8. The summed E-state index contributed by atoms with van der Waals surface area (Å²) in [5.41, 5.74) is 10.7. The molecule has 130 valence electrons. The number of fused-ring (bicyclic) bond motifs is 1. The highest BCUT2D eigenvalue weighted by atomic mass is 19.4. The Balaban J connectivity index is 2.24. The summed E-state index contributed by atoms with van der Waals surface area (Å²) in [6.07, 6.45) is -4.63. The van der Waals surface area contributed by atoms with Crippen molar-refractivity contribution in [2.75, 3.05) is 0 Å². The SMILES string of the molecule is C=C(N)c1nc(-c2ccc(O)c3nc(C(F)(F)F)ccc23)oc1CN. The number of alkyl halides is 3. The van der Waals surface area contributed by atoms with E-state index in [1.807, 2.05) is 0 Å². The number of phenols is 1. The maximum absolute atomic E-state index is 12.8. The number of pyridine rings is 1. The normalized spacial score (nSPS) is 11.8. The fourth-order valence-corrected chi connectivity index (χ4v) is 2.40. The second-order valence-electron chi connectivity index (χ2n) is 5.24. The van der Waals surface area contributed by atoms with Crippen molar-refractivity contribution in [3.05, 3.63) is 48.0 Å². The third-order valence-electron chi connectivity index (χ3n) is 3.54. The summed E-state index contributed by atoms with van der Waals surface area (Å²) in [5, 5.41) is 10.1. The Labute approximate surface area is 139 Å². The Kier molecular flexibility index (Phi) is 3.88. The van der Waals surface area contributed by atoms with Gasteiger partial charge in [-0.05, 0) is 24.3 Å². The lowest BCUT2D eigenvalue weighted by Crippen LogP contribution is -2.07. The van der Waals surface area contributed by atoms with E-state index in [1.165, 1.54) is 18.2 Å². The standard InChI is InChI=1S/C16H13F3N4O2/c1-7(21)13-11(6-20)25-15(23-13)9-2-4-10(24)14-8(9)3-5-12(22-14)16(17,18)19/h2-5,24H,1,6,20-21H2. The number of phenolic OH excluding ortho intramolecular Hbond substituents is 1. The first kappa shape index (κ1) is 16.8. The van der Waals surface area contributed by atoms with Crippen molar-refractivity contribution in [1.29, 1.82) is 0 Å². The van der Waals surface area contributed by atoms with E-state index in [0.717, 1.165) is 6.07 Å². The molecule has 0 atom stereocenters. The highest BCUT2D eigenvalue weighted by molar-refractivity contribution is 5.96. The van der Waals surface area contributed by atoms with Crippen LogP contribution in [0, 0.1) is 0 Å². The molecule has 3 rings (SSSR count). The monoisotopic (exact) mass is 350 g/mol. The van der Waals surface area contributed by atoms with Gasteiger partial charge in [0.25, 0.3) is 0 Å². The van der Waals surface area contributed by atoms with E-state index in [2.05, 4.69) is 16.5 Å². The zero-order valence-corrected chi connectivity index (χ0v) is 12.8. The Bertz CT molecular complexity index is 979. The van der Waals surface area contributed by atoms with Crippen LogP contribution in [-0.4, -0.2) is 15.1 Å². The van der Waals surface area contributed by atoms with Crippen LogP contribution in [0.1, 0.15) is 17.1 Å². The summed E-state index contributed by atoms with van der Waals surface area (Å²) in [4.78, 5) is 7.70. The molecule has 1 aromatic carbocycles. The Hall–Kier alpha value is -3.07. The molecule has 3 aromatic rings. The highest BCUT2D eigenvalue weighted by Gasteiger charge is 2.33. The lowest BCUT2D eigenvalue weighted by Gasteiger charge is -2.09. The number of hydrogen-bond acceptors (Lipinski definition) is 6. The van der Waals surface area contributed by atoms with Crippen LogP contribution in [0.4, 0.5) is 13.2 Å². The molecule has 0 radical (unpaired) electrons. The number of benzene rings is 1. The van der Waals surface area contributed by atoms with Gasteiger partial charge in [0.2, 0.25) is 5.89 Å². The minimum atomic E-state index is -4.63. The minimum Gasteiger partial charge on any atom is -0.506 e.